The van der Waals surface area contributed by atoms with E-state index in [0.717, 1.165) is 12.2 Å². The number of H-pyrrole nitrogens is 1. The molecule has 74 valence electrons. The maximum absolute atomic E-state index is 10.8. The minimum absolute atomic E-state index is 0.000379. The zero-order valence-corrected chi connectivity index (χ0v) is 8.95. The number of hydrogen-bond acceptors (Lipinski definition) is 5. The summed E-state index contributed by atoms with van der Waals surface area (Å²) in [7, 11) is 0. The smallest absolute Gasteiger partial charge is 0.304 e. The molecule has 14 heavy (non-hydrogen) atoms. The first-order valence-corrected chi connectivity index (χ1v) is 5.85. The van der Waals surface area contributed by atoms with E-state index in [2.05, 4.69) is 15.3 Å². The molecule has 2 N–H and O–H groups in total. The SMILES string of the molecule is O=c1[nH]c(CNCc2cncs2)cs1. The van der Waals surface area contributed by atoms with Crippen molar-refractivity contribution in [1.82, 2.24) is 15.3 Å². The van der Waals surface area contributed by atoms with Crippen molar-refractivity contribution in [3.05, 3.63) is 37.3 Å². The molecule has 0 atom stereocenters. The molecule has 0 aromatic carbocycles. The van der Waals surface area contributed by atoms with Gasteiger partial charge in [0.15, 0.2) is 0 Å². The number of nitrogens with one attached hydrogen (secondary N) is 2. The van der Waals surface area contributed by atoms with Gasteiger partial charge in [0.25, 0.3) is 0 Å². The predicted molar refractivity (Wildman–Crippen MR) is 57.6 cm³/mol. The average Bonchev–Trinajstić information content (AvgIpc) is 2.77. The van der Waals surface area contributed by atoms with Crippen molar-refractivity contribution in [3.63, 3.8) is 0 Å². The second-order valence-corrected chi connectivity index (χ2v) is 4.56. The number of thiazole rings is 2. The average molecular weight is 227 g/mol. The molecular weight excluding hydrogens is 218 g/mol. The minimum atomic E-state index is -0.000379. The molecular formula is C8H9N3OS2. The van der Waals surface area contributed by atoms with Crippen LogP contribution in [-0.2, 0) is 13.1 Å². The zero-order valence-electron chi connectivity index (χ0n) is 7.32. The van der Waals surface area contributed by atoms with Gasteiger partial charge in [-0.15, -0.1) is 11.3 Å². The second-order valence-electron chi connectivity index (χ2n) is 2.74. The van der Waals surface area contributed by atoms with Crippen LogP contribution >= 0.6 is 22.7 Å². The second kappa shape index (κ2) is 4.50. The summed E-state index contributed by atoms with van der Waals surface area (Å²) >= 11 is 2.81. The van der Waals surface area contributed by atoms with Crippen molar-refractivity contribution >= 4 is 22.7 Å². The number of nitrogens with zero attached hydrogens (tertiary/aromatic N) is 1. The van der Waals surface area contributed by atoms with E-state index in [0.29, 0.717) is 6.54 Å². The molecule has 0 aliphatic carbocycles. The van der Waals surface area contributed by atoms with Crippen LogP contribution in [0.5, 0.6) is 0 Å². The minimum Gasteiger partial charge on any atom is -0.315 e. The molecule has 2 aromatic heterocycles. The number of hydrogen-bond donors (Lipinski definition) is 2. The van der Waals surface area contributed by atoms with Gasteiger partial charge in [0.2, 0.25) is 0 Å². The Labute approximate surface area is 88.6 Å². The summed E-state index contributed by atoms with van der Waals surface area (Å²) in [6.07, 6.45) is 1.84. The Morgan fingerprint density at radius 3 is 3.00 bits per heavy atom. The summed E-state index contributed by atoms with van der Waals surface area (Å²) < 4.78 is 0. The monoisotopic (exact) mass is 227 g/mol. The van der Waals surface area contributed by atoms with Gasteiger partial charge in [-0.05, 0) is 0 Å². The van der Waals surface area contributed by atoms with Crippen LogP contribution < -0.4 is 10.2 Å². The van der Waals surface area contributed by atoms with Crippen molar-refractivity contribution < 1.29 is 0 Å². The molecule has 2 aromatic rings. The summed E-state index contributed by atoms with van der Waals surface area (Å²) in [6.45, 7) is 1.49. The highest BCUT2D eigenvalue weighted by Crippen LogP contribution is 2.04. The lowest BCUT2D eigenvalue weighted by Crippen LogP contribution is -2.12. The zero-order chi connectivity index (χ0) is 9.80. The van der Waals surface area contributed by atoms with E-state index in [1.807, 2.05) is 17.1 Å². The molecule has 0 radical (unpaired) electrons. The van der Waals surface area contributed by atoms with Crippen LogP contribution in [0.1, 0.15) is 10.6 Å². The third kappa shape index (κ3) is 2.50. The van der Waals surface area contributed by atoms with Crippen LogP contribution in [0, 0.1) is 0 Å². The molecule has 0 aliphatic rings. The summed E-state index contributed by atoms with van der Waals surface area (Å²) in [5.41, 5.74) is 2.74. The molecule has 0 unspecified atom stereocenters. The molecule has 0 fully saturated rings. The van der Waals surface area contributed by atoms with Gasteiger partial charge in [-0.1, -0.05) is 11.3 Å². The van der Waals surface area contributed by atoms with Gasteiger partial charge in [-0.3, -0.25) is 9.78 Å². The van der Waals surface area contributed by atoms with Crippen molar-refractivity contribution in [2.75, 3.05) is 0 Å². The third-order valence-corrected chi connectivity index (χ3v) is 3.17. The quantitative estimate of drug-likeness (QED) is 0.824. The standard InChI is InChI=1S/C8H9N3OS2/c12-8-11-6(4-13-8)1-9-2-7-3-10-5-14-7/h3-5,9H,1-2H2,(H,11,12). The van der Waals surface area contributed by atoms with E-state index in [-0.39, 0.29) is 4.87 Å². The summed E-state index contributed by atoms with van der Waals surface area (Å²) in [5.74, 6) is 0. The maximum atomic E-state index is 10.8. The van der Waals surface area contributed by atoms with Gasteiger partial charge in [-0.25, -0.2) is 0 Å². The topological polar surface area (TPSA) is 57.8 Å². The van der Waals surface area contributed by atoms with Crippen LogP contribution in [0.2, 0.25) is 0 Å². The third-order valence-electron chi connectivity index (χ3n) is 1.67. The molecule has 0 saturated heterocycles. The molecule has 6 heteroatoms. The van der Waals surface area contributed by atoms with Crippen LogP contribution in [0.15, 0.2) is 21.9 Å². The summed E-state index contributed by atoms with van der Waals surface area (Å²) in [6, 6.07) is 0. The highest BCUT2D eigenvalue weighted by atomic mass is 32.1. The lowest BCUT2D eigenvalue weighted by Gasteiger charge is -1.98. The Hall–Kier alpha value is -0.980. The van der Waals surface area contributed by atoms with Crippen LogP contribution in [0.4, 0.5) is 0 Å². The fourth-order valence-electron chi connectivity index (χ4n) is 1.05. The van der Waals surface area contributed by atoms with Crippen molar-refractivity contribution in [1.29, 1.82) is 0 Å². The first-order valence-electron chi connectivity index (χ1n) is 4.09. The van der Waals surface area contributed by atoms with E-state index in [1.54, 1.807) is 11.3 Å². The Morgan fingerprint density at radius 2 is 2.36 bits per heavy atom. The van der Waals surface area contributed by atoms with Crippen molar-refractivity contribution in [2.24, 2.45) is 0 Å². The van der Waals surface area contributed by atoms with E-state index in [9.17, 15) is 4.79 Å². The Morgan fingerprint density at radius 1 is 1.43 bits per heavy atom. The van der Waals surface area contributed by atoms with Gasteiger partial charge in [0, 0.05) is 35.2 Å². The maximum Gasteiger partial charge on any atom is 0.304 e. The van der Waals surface area contributed by atoms with E-state index < -0.39 is 0 Å². The Kier molecular flexibility index (Phi) is 3.07. The van der Waals surface area contributed by atoms with Crippen molar-refractivity contribution in [3.8, 4) is 0 Å². The Bertz CT molecular complexity index is 431. The molecule has 0 amide bonds. The molecule has 2 heterocycles. The number of aromatic nitrogens is 2. The van der Waals surface area contributed by atoms with E-state index in [1.165, 1.54) is 16.2 Å². The first kappa shape index (κ1) is 9.57. The fraction of sp³-hybridized carbons (Fsp3) is 0.250. The highest BCUT2D eigenvalue weighted by molar-refractivity contribution is 7.09. The molecule has 2 rings (SSSR count). The molecule has 4 nitrogen and oxygen atoms in total. The Balaban J connectivity index is 1.81. The number of aromatic amines is 1. The molecule has 0 aliphatic heterocycles. The van der Waals surface area contributed by atoms with Gasteiger partial charge in [0.1, 0.15) is 0 Å². The first-order chi connectivity index (χ1) is 6.84. The highest BCUT2D eigenvalue weighted by Gasteiger charge is 1.97. The summed E-state index contributed by atoms with van der Waals surface area (Å²) in [4.78, 5) is 18.7. The normalized spacial score (nSPS) is 10.6. The van der Waals surface area contributed by atoms with Gasteiger partial charge < -0.3 is 10.3 Å². The van der Waals surface area contributed by atoms with Crippen molar-refractivity contribution in [2.45, 2.75) is 13.1 Å². The van der Waals surface area contributed by atoms with Gasteiger partial charge in [-0.2, -0.15) is 0 Å². The van der Waals surface area contributed by atoms with Gasteiger partial charge >= 0.3 is 4.87 Å². The molecule has 0 spiro atoms. The largest absolute Gasteiger partial charge is 0.315 e. The predicted octanol–water partition coefficient (Wildman–Crippen LogP) is 1.18. The van der Waals surface area contributed by atoms with Crippen LogP contribution in [0.3, 0.4) is 0 Å². The fourth-order valence-corrected chi connectivity index (χ4v) is 2.20. The number of rotatable bonds is 4. The van der Waals surface area contributed by atoms with E-state index in [4.69, 9.17) is 0 Å². The van der Waals surface area contributed by atoms with Crippen LogP contribution in [0.25, 0.3) is 0 Å². The van der Waals surface area contributed by atoms with Gasteiger partial charge in [0.05, 0.1) is 5.51 Å². The lowest BCUT2D eigenvalue weighted by atomic mass is 10.4. The summed E-state index contributed by atoms with van der Waals surface area (Å²) in [5, 5.41) is 5.06. The van der Waals surface area contributed by atoms with E-state index >= 15 is 0 Å². The lowest BCUT2D eigenvalue weighted by molar-refractivity contribution is 0.688. The van der Waals surface area contributed by atoms with Crippen LogP contribution in [-0.4, -0.2) is 9.97 Å². The molecule has 0 bridgehead atoms. The molecule has 0 saturated carbocycles.